The predicted octanol–water partition coefficient (Wildman–Crippen LogP) is 2.81. The molecule has 0 N–H and O–H groups in total. The smallest absolute Gasteiger partial charge is 0.333 e. The van der Waals surface area contributed by atoms with Crippen molar-refractivity contribution in [1.82, 2.24) is 4.90 Å². The van der Waals surface area contributed by atoms with Crippen LogP contribution < -0.4 is 0 Å². The van der Waals surface area contributed by atoms with Crippen LogP contribution >= 0.6 is 0 Å². The molecule has 0 unspecified atom stereocenters. The zero-order chi connectivity index (χ0) is 14.2. The van der Waals surface area contributed by atoms with E-state index in [1.807, 2.05) is 12.2 Å². The van der Waals surface area contributed by atoms with Crippen molar-refractivity contribution in [2.45, 2.75) is 20.8 Å². The van der Waals surface area contributed by atoms with Crippen LogP contribution in [0.4, 0.5) is 0 Å². The largest absolute Gasteiger partial charge is 0.462 e. The number of rotatable bonds is 9. The summed E-state index contributed by atoms with van der Waals surface area (Å²) < 4.78 is 5.21. The minimum atomic E-state index is -0.331. The summed E-state index contributed by atoms with van der Waals surface area (Å²) in [6.07, 6.45) is 3.72. The molecule has 3 heteroatoms. The van der Waals surface area contributed by atoms with Crippen LogP contribution in [0.1, 0.15) is 20.8 Å². The summed E-state index contributed by atoms with van der Waals surface area (Å²) in [7, 11) is 0. The van der Waals surface area contributed by atoms with Crippen molar-refractivity contribution < 1.29 is 9.53 Å². The molecule has 0 fully saturated rings. The molecule has 0 atom stereocenters. The van der Waals surface area contributed by atoms with E-state index < -0.39 is 0 Å². The molecular formula is C15H25NO2. The first kappa shape index (κ1) is 16.6. The van der Waals surface area contributed by atoms with Crippen molar-refractivity contribution >= 4 is 5.97 Å². The lowest BCUT2D eigenvalue weighted by molar-refractivity contribution is -0.142. The first-order chi connectivity index (χ1) is 8.32. The molecule has 0 spiro atoms. The highest BCUT2D eigenvalue weighted by atomic mass is 16.5. The van der Waals surface area contributed by atoms with E-state index in [0.29, 0.717) is 12.2 Å². The zero-order valence-electron chi connectivity index (χ0n) is 11.9. The van der Waals surface area contributed by atoms with Crippen LogP contribution in [0, 0.1) is 5.41 Å². The third-order valence-corrected chi connectivity index (χ3v) is 2.37. The minimum Gasteiger partial charge on any atom is -0.462 e. The van der Waals surface area contributed by atoms with Gasteiger partial charge in [0.25, 0.3) is 0 Å². The average molecular weight is 251 g/mol. The maximum absolute atomic E-state index is 11.4. The first-order valence-electron chi connectivity index (χ1n) is 6.09. The molecular weight excluding hydrogens is 226 g/mol. The van der Waals surface area contributed by atoms with Gasteiger partial charge in [-0.1, -0.05) is 32.6 Å². The van der Waals surface area contributed by atoms with Crippen LogP contribution in [0.2, 0.25) is 0 Å². The van der Waals surface area contributed by atoms with Crippen LogP contribution in [-0.2, 0) is 9.53 Å². The highest BCUT2D eigenvalue weighted by Gasteiger charge is 2.23. The molecule has 0 aliphatic carbocycles. The summed E-state index contributed by atoms with van der Waals surface area (Å²) in [6, 6.07) is 0. The molecule has 0 aromatic rings. The monoisotopic (exact) mass is 251 g/mol. The van der Waals surface area contributed by atoms with Crippen molar-refractivity contribution in [3.05, 3.63) is 37.5 Å². The molecule has 0 aliphatic heterocycles. The Balaban J connectivity index is 4.33. The van der Waals surface area contributed by atoms with Crippen molar-refractivity contribution in [3.8, 4) is 0 Å². The summed E-state index contributed by atoms with van der Waals surface area (Å²) in [5.74, 6) is -0.331. The van der Waals surface area contributed by atoms with Gasteiger partial charge in [0.05, 0.1) is 6.61 Å². The van der Waals surface area contributed by atoms with E-state index in [1.165, 1.54) is 0 Å². The summed E-state index contributed by atoms with van der Waals surface area (Å²) in [4.78, 5) is 13.6. The second-order valence-electron chi connectivity index (χ2n) is 5.29. The average Bonchev–Trinajstić information content (AvgIpc) is 2.26. The van der Waals surface area contributed by atoms with Crippen molar-refractivity contribution in [2.75, 3.05) is 26.2 Å². The van der Waals surface area contributed by atoms with Gasteiger partial charge in [-0.3, -0.25) is 4.90 Å². The van der Waals surface area contributed by atoms with E-state index >= 15 is 0 Å². The van der Waals surface area contributed by atoms with Gasteiger partial charge in [0.1, 0.15) is 0 Å². The molecule has 102 valence electrons. The van der Waals surface area contributed by atoms with Gasteiger partial charge < -0.3 is 4.74 Å². The van der Waals surface area contributed by atoms with Gasteiger partial charge in [-0.2, -0.15) is 0 Å². The van der Waals surface area contributed by atoms with Crippen LogP contribution in [-0.4, -0.2) is 37.1 Å². The molecule has 0 aromatic heterocycles. The third-order valence-electron chi connectivity index (χ3n) is 2.37. The summed E-state index contributed by atoms with van der Waals surface area (Å²) in [5, 5.41) is 0. The highest BCUT2D eigenvalue weighted by molar-refractivity contribution is 5.86. The maximum atomic E-state index is 11.4. The second-order valence-corrected chi connectivity index (χ2v) is 5.29. The van der Waals surface area contributed by atoms with Crippen LogP contribution in [0.5, 0.6) is 0 Å². The van der Waals surface area contributed by atoms with E-state index in [1.54, 1.807) is 6.92 Å². The molecule has 3 nitrogen and oxygen atoms in total. The molecule has 18 heavy (non-hydrogen) atoms. The Hall–Kier alpha value is -1.35. The molecule has 0 aliphatic rings. The van der Waals surface area contributed by atoms with Crippen LogP contribution in [0.25, 0.3) is 0 Å². The molecule has 0 saturated carbocycles. The fourth-order valence-electron chi connectivity index (χ4n) is 1.60. The number of carbonyl (C=O) groups excluding carboxylic acids is 1. The lowest BCUT2D eigenvalue weighted by Gasteiger charge is -2.31. The van der Waals surface area contributed by atoms with Gasteiger partial charge >= 0.3 is 5.97 Å². The van der Waals surface area contributed by atoms with E-state index in [-0.39, 0.29) is 11.4 Å². The first-order valence-corrected chi connectivity index (χ1v) is 6.09. The van der Waals surface area contributed by atoms with Crippen molar-refractivity contribution in [1.29, 1.82) is 0 Å². The number of hydrogen-bond donors (Lipinski definition) is 0. The second kappa shape index (κ2) is 7.88. The number of hydrogen-bond acceptors (Lipinski definition) is 3. The topological polar surface area (TPSA) is 29.5 Å². The SMILES string of the molecule is C=CCN(CC=C)CC(C)(C)COC(=O)C(=C)C. The normalized spacial score (nSPS) is 11.1. The number of carbonyl (C=O) groups is 1. The predicted molar refractivity (Wildman–Crippen MR) is 76.4 cm³/mol. The molecule has 0 rings (SSSR count). The van der Waals surface area contributed by atoms with Gasteiger partial charge in [-0.15, -0.1) is 13.2 Å². The van der Waals surface area contributed by atoms with Gasteiger partial charge in [-0.05, 0) is 6.92 Å². The Bertz CT molecular complexity index is 308. The highest BCUT2D eigenvalue weighted by Crippen LogP contribution is 2.18. The van der Waals surface area contributed by atoms with E-state index in [9.17, 15) is 4.79 Å². The molecule has 0 saturated heterocycles. The molecule has 0 radical (unpaired) electrons. The Morgan fingerprint density at radius 1 is 1.28 bits per heavy atom. The lowest BCUT2D eigenvalue weighted by atomic mass is 9.94. The van der Waals surface area contributed by atoms with E-state index in [4.69, 9.17) is 4.74 Å². The Morgan fingerprint density at radius 2 is 1.78 bits per heavy atom. The Morgan fingerprint density at radius 3 is 2.17 bits per heavy atom. The molecule has 0 amide bonds. The van der Waals surface area contributed by atoms with Gasteiger partial charge in [-0.25, -0.2) is 4.79 Å². The molecule has 0 bridgehead atoms. The fourth-order valence-corrected chi connectivity index (χ4v) is 1.60. The fraction of sp³-hybridized carbons (Fsp3) is 0.533. The number of nitrogens with zero attached hydrogens (tertiary/aromatic N) is 1. The van der Waals surface area contributed by atoms with Crippen LogP contribution in [0.15, 0.2) is 37.5 Å². The van der Waals surface area contributed by atoms with E-state index in [2.05, 4.69) is 38.5 Å². The zero-order valence-corrected chi connectivity index (χ0v) is 11.9. The number of ether oxygens (including phenoxy) is 1. The summed E-state index contributed by atoms with van der Waals surface area (Å²) in [6.45, 7) is 19.6. The van der Waals surface area contributed by atoms with Crippen molar-refractivity contribution in [2.24, 2.45) is 5.41 Å². The quantitative estimate of drug-likeness (QED) is 0.358. The van der Waals surface area contributed by atoms with Gasteiger partial charge in [0.15, 0.2) is 0 Å². The maximum Gasteiger partial charge on any atom is 0.333 e. The molecule has 0 aromatic carbocycles. The van der Waals surface area contributed by atoms with Crippen LogP contribution in [0.3, 0.4) is 0 Å². The number of esters is 1. The summed E-state index contributed by atoms with van der Waals surface area (Å²) in [5.41, 5.74) is 0.316. The van der Waals surface area contributed by atoms with Gasteiger partial charge in [0.2, 0.25) is 0 Å². The third kappa shape index (κ3) is 7.07. The van der Waals surface area contributed by atoms with Gasteiger partial charge in [0, 0.05) is 30.6 Å². The van der Waals surface area contributed by atoms with E-state index in [0.717, 1.165) is 19.6 Å². The van der Waals surface area contributed by atoms with Crippen molar-refractivity contribution in [3.63, 3.8) is 0 Å². The molecule has 0 heterocycles. The Kier molecular flexibility index (Phi) is 7.29. The summed E-state index contributed by atoms with van der Waals surface area (Å²) >= 11 is 0. The minimum absolute atomic E-state index is 0.114. The Labute approximate surface area is 111 Å². The standard InChI is InChI=1S/C15H25NO2/c1-7-9-16(10-8-2)11-15(5,6)12-18-14(17)13(3)4/h7-8H,1-3,9-12H2,4-6H3. The lowest BCUT2D eigenvalue weighted by Crippen LogP contribution is -2.37.